The number of aliphatic hydroxyl groups is 1. The Balaban J connectivity index is 2.14. The highest BCUT2D eigenvalue weighted by molar-refractivity contribution is 7.10. The summed E-state index contributed by atoms with van der Waals surface area (Å²) in [6, 6.07) is 3.07. The van der Waals surface area contributed by atoms with Crippen LogP contribution < -0.4 is 5.32 Å². The minimum Gasteiger partial charge on any atom is -0.444 e. The first kappa shape index (κ1) is 21.7. The average molecular weight is 397 g/mol. The Morgan fingerprint density at radius 1 is 1.37 bits per heavy atom. The SMILES string of the molecule is CC(C)(C)OC(=O)N1CCCC(C)(C)[C@@H]1C(=O)NC[C@](C)(O)c1cccs1. The Hall–Kier alpha value is -1.60. The van der Waals surface area contributed by atoms with Crippen molar-refractivity contribution in [2.75, 3.05) is 13.1 Å². The van der Waals surface area contributed by atoms with E-state index in [-0.39, 0.29) is 17.9 Å². The molecule has 27 heavy (non-hydrogen) atoms. The van der Waals surface area contributed by atoms with Crippen molar-refractivity contribution in [2.45, 2.75) is 71.6 Å². The molecule has 0 saturated carbocycles. The van der Waals surface area contributed by atoms with Gasteiger partial charge in [-0.15, -0.1) is 11.3 Å². The second-order valence-corrected chi connectivity index (χ2v) is 10.1. The lowest BCUT2D eigenvalue weighted by atomic mass is 9.76. The van der Waals surface area contributed by atoms with Crippen LogP contribution >= 0.6 is 11.3 Å². The zero-order valence-corrected chi connectivity index (χ0v) is 18.0. The van der Waals surface area contributed by atoms with E-state index in [2.05, 4.69) is 5.32 Å². The maximum absolute atomic E-state index is 13.0. The first-order chi connectivity index (χ1) is 12.3. The number of thiophene rings is 1. The summed E-state index contributed by atoms with van der Waals surface area (Å²) in [4.78, 5) is 28.0. The molecule has 6 nitrogen and oxygen atoms in total. The molecule has 2 rings (SSSR count). The molecule has 1 fully saturated rings. The lowest BCUT2D eigenvalue weighted by molar-refractivity contribution is -0.134. The van der Waals surface area contributed by atoms with Gasteiger partial charge in [0.05, 0.1) is 6.54 Å². The maximum Gasteiger partial charge on any atom is 0.410 e. The summed E-state index contributed by atoms with van der Waals surface area (Å²) < 4.78 is 5.51. The fourth-order valence-corrected chi connectivity index (χ4v) is 4.22. The fourth-order valence-electron chi connectivity index (χ4n) is 3.43. The van der Waals surface area contributed by atoms with Gasteiger partial charge in [-0.1, -0.05) is 19.9 Å². The van der Waals surface area contributed by atoms with E-state index in [1.807, 2.05) is 52.1 Å². The van der Waals surface area contributed by atoms with Crippen molar-refractivity contribution >= 4 is 23.3 Å². The summed E-state index contributed by atoms with van der Waals surface area (Å²) in [6.07, 6.45) is 1.19. The Morgan fingerprint density at radius 2 is 2.04 bits per heavy atom. The molecule has 2 N–H and O–H groups in total. The van der Waals surface area contributed by atoms with Gasteiger partial charge in [-0.2, -0.15) is 0 Å². The predicted octanol–water partition coefficient (Wildman–Crippen LogP) is 3.50. The van der Waals surface area contributed by atoms with E-state index in [4.69, 9.17) is 4.74 Å². The summed E-state index contributed by atoms with van der Waals surface area (Å²) in [5.74, 6) is -0.262. The summed E-state index contributed by atoms with van der Waals surface area (Å²) >= 11 is 1.44. The highest BCUT2D eigenvalue weighted by atomic mass is 32.1. The zero-order valence-electron chi connectivity index (χ0n) is 17.2. The van der Waals surface area contributed by atoms with Crippen molar-refractivity contribution in [3.8, 4) is 0 Å². The van der Waals surface area contributed by atoms with Crippen LogP contribution in [0, 0.1) is 5.41 Å². The molecule has 0 unspecified atom stereocenters. The van der Waals surface area contributed by atoms with Crippen LogP contribution in [0.3, 0.4) is 0 Å². The molecule has 0 aromatic carbocycles. The number of nitrogens with zero attached hydrogens (tertiary/aromatic N) is 1. The van der Waals surface area contributed by atoms with Crippen LogP contribution in [0.5, 0.6) is 0 Å². The minimum atomic E-state index is -1.15. The molecule has 1 aromatic heterocycles. The quantitative estimate of drug-likeness (QED) is 0.816. The van der Waals surface area contributed by atoms with E-state index in [1.165, 1.54) is 16.2 Å². The third-order valence-electron chi connectivity index (χ3n) is 4.81. The van der Waals surface area contributed by atoms with Crippen molar-refractivity contribution in [1.82, 2.24) is 10.2 Å². The number of amides is 2. The van der Waals surface area contributed by atoms with Gasteiger partial charge in [0.25, 0.3) is 0 Å². The molecular formula is C20H32N2O4S. The van der Waals surface area contributed by atoms with Gasteiger partial charge in [-0.05, 0) is 57.4 Å². The maximum atomic E-state index is 13.0. The van der Waals surface area contributed by atoms with Gasteiger partial charge >= 0.3 is 6.09 Å². The number of carbonyl (C=O) groups excluding carboxylic acids is 2. The molecule has 2 atom stereocenters. The van der Waals surface area contributed by atoms with Gasteiger partial charge in [-0.25, -0.2) is 4.79 Å². The minimum absolute atomic E-state index is 0.0844. The first-order valence-electron chi connectivity index (χ1n) is 9.37. The lowest BCUT2D eigenvalue weighted by Gasteiger charge is -2.45. The number of hydrogen-bond acceptors (Lipinski definition) is 5. The molecule has 1 aromatic rings. The number of piperidine rings is 1. The number of ether oxygens (including phenoxy) is 1. The average Bonchev–Trinajstić information content (AvgIpc) is 3.05. The molecule has 1 aliphatic heterocycles. The van der Waals surface area contributed by atoms with E-state index in [1.54, 1.807) is 6.92 Å². The molecule has 7 heteroatoms. The van der Waals surface area contributed by atoms with E-state index >= 15 is 0 Å². The number of nitrogens with one attached hydrogen (secondary N) is 1. The monoisotopic (exact) mass is 396 g/mol. The number of likely N-dealkylation sites (tertiary alicyclic amines) is 1. The Bertz CT molecular complexity index is 662. The summed E-state index contributed by atoms with van der Waals surface area (Å²) in [6.45, 7) is 11.7. The van der Waals surface area contributed by atoms with Gasteiger partial charge in [-0.3, -0.25) is 9.69 Å². The van der Waals surface area contributed by atoms with Crippen molar-refractivity contribution in [1.29, 1.82) is 0 Å². The normalized spacial score (nSPS) is 22.0. The summed E-state index contributed by atoms with van der Waals surface area (Å²) in [5.41, 5.74) is -2.16. The van der Waals surface area contributed by atoms with Crippen LogP contribution in [0.15, 0.2) is 17.5 Å². The second-order valence-electron chi connectivity index (χ2n) is 9.14. The van der Waals surface area contributed by atoms with Crippen LogP contribution in [-0.2, 0) is 15.1 Å². The van der Waals surface area contributed by atoms with Crippen molar-refractivity contribution in [3.63, 3.8) is 0 Å². The van der Waals surface area contributed by atoms with Crippen molar-refractivity contribution in [3.05, 3.63) is 22.4 Å². The molecule has 0 bridgehead atoms. The van der Waals surface area contributed by atoms with Crippen LogP contribution in [0.4, 0.5) is 4.79 Å². The summed E-state index contributed by atoms with van der Waals surface area (Å²) in [7, 11) is 0. The lowest BCUT2D eigenvalue weighted by Crippen LogP contribution is -2.60. The number of carbonyl (C=O) groups is 2. The molecule has 0 spiro atoms. The third-order valence-corrected chi connectivity index (χ3v) is 5.93. The van der Waals surface area contributed by atoms with E-state index < -0.39 is 23.3 Å². The molecular weight excluding hydrogens is 364 g/mol. The van der Waals surface area contributed by atoms with Gasteiger partial charge < -0.3 is 15.2 Å². The third kappa shape index (κ3) is 5.45. The van der Waals surface area contributed by atoms with Crippen LogP contribution in [0.1, 0.15) is 59.3 Å². The first-order valence-corrected chi connectivity index (χ1v) is 10.3. The van der Waals surface area contributed by atoms with Crippen LogP contribution in [-0.4, -0.2) is 46.7 Å². The van der Waals surface area contributed by atoms with Crippen LogP contribution in [0.25, 0.3) is 0 Å². The van der Waals surface area contributed by atoms with Gasteiger partial charge in [0.2, 0.25) is 5.91 Å². The fraction of sp³-hybridized carbons (Fsp3) is 0.700. The van der Waals surface area contributed by atoms with Gasteiger partial charge in [0.1, 0.15) is 17.2 Å². The standard InChI is InChI=1S/C20H32N2O4S/c1-18(2,3)26-17(24)22-11-8-10-19(4,5)15(22)16(23)21-13-20(6,25)14-9-7-12-27-14/h7,9,12,15,25H,8,10-11,13H2,1-6H3,(H,21,23)/t15-,20-/m0/s1. The molecule has 1 aliphatic rings. The molecule has 2 amide bonds. The molecule has 0 aliphatic carbocycles. The van der Waals surface area contributed by atoms with Gasteiger partial charge in [0.15, 0.2) is 0 Å². The number of hydrogen-bond donors (Lipinski definition) is 2. The predicted molar refractivity (Wildman–Crippen MR) is 107 cm³/mol. The Morgan fingerprint density at radius 3 is 2.59 bits per heavy atom. The number of rotatable bonds is 4. The van der Waals surface area contributed by atoms with E-state index in [9.17, 15) is 14.7 Å². The zero-order chi connectivity index (χ0) is 20.5. The molecule has 0 radical (unpaired) electrons. The van der Waals surface area contributed by atoms with Crippen molar-refractivity contribution in [2.24, 2.45) is 5.41 Å². The molecule has 152 valence electrons. The molecule has 1 saturated heterocycles. The largest absolute Gasteiger partial charge is 0.444 e. The molecule has 2 heterocycles. The highest BCUT2D eigenvalue weighted by Gasteiger charge is 2.46. The van der Waals surface area contributed by atoms with Gasteiger partial charge in [0, 0.05) is 11.4 Å². The Labute approximate surface area is 165 Å². The Kier molecular flexibility index (Phi) is 6.26. The van der Waals surface area contributed by atoms with Crippen LogP contribution in [0.2, 0.25) is 0 Å². The summed E-state index contributed by atoms with van der Waals surface area (Å²) in [5, 5.41) is 15.4. The highest BCUT2D eigenvalue weighted by Crippen LogP contribution is 2.36. The van der Waals surface area contributed by atoms with Crippen molar-refractivity contribution < 1.29 is 19.4 Å². The second kappa shape index (κ2) is 7.80. The van der Waals surface area contributed by atoms with E-state index in [0.717, 1.165) is 17.7 Å². The van der Waals surface area contributed by atoms with E-state index in [0.29, 0.717) is 6.54 Å². The smallest absolute Gasteiger partial charge is 0.410 e. The topological polar surface area (TPSA) is 78.9 Å².